The molecule has 0 atom stereocenters. The molecule has 3 aromatic rings. The van der Waals surface area contributed by atoms with Crippen molar-refractivity contribution in [3.8, 4) is 17.0 Å². The van der Waals surface area contributed by atoms with Crippen LogP contribution in [0.5, 0.6) is 5.75 Å². The van der Waals surface area contributed by atoms with Crippen LogP contribution in [0.25, 0.3) is 11.3 Å². The maximum Gasteiger partial charge on any atom is 0.416 e. The average Bonchev–Trinajstić information content (AvgIpc) is 3.14. The van der Waals surface area contributed by atoms with E-state index in [-0.39, 0.29) is 18.1 Å². The number of nitrogens with zero attached hydrogens (tertiary/aromatic N) is 1. The van der Waals surface area contributed by atoms with Gasteiger partial charge in [-0.1, -0.05) is 18.2 Å². The first-order valence-corrected chi connectivity index (χ1v) is 8.26. The van der Waals surface area contributed by atoms with E-state index in [1.54, 1.807) is 19.2 Å². The number of nitrogens with one attached hydrogen (secondary N) is 3. The lowest BCUT2D eigenvalue weighted by molar-refractivity contribution is -0.137. The summed E-state index contributed by atoms with van der Waals surface area (Å²) < 4.78 is 43.5. The summed E-state index contributed by atoms with van der Waals surface area (Å²) in [5.74, 6) is 0.488. The molecular formula is C19H17F3N4O2. The third-order valence-corrected chi connectivity index (χ3v) is 3.89. The van der Waals surface area contributed by atoms with Crippen molar-refractivity contribution in [2.24, 2.45) is 0 Å². The van der Waals surface area contributed by atoms with E-state index in [4.69, 9.17) is 4.74 Å². The highest BCUT2D eigenvalue weighted by Crippen LogP contribution is 2.31. The lowest BCUT2D eigenvalue weighted by Crippen LogP contribution is -2.22. The van der Waals surface area contributed by atoms with E-state index in [1.165, 1.54) is 12.1 Å². The Hall–Kier alpha value is -3.49. The molecule has 0 saturated carbocycles. The van der Waals surface area contributed by atoms with Gasteiger partial charge in [0.25, 0.3) is 0 Å². The SMILES string of the molecule is COc1ccccc1-c1cc(NC(=O)CNc2cccc(C(F)(F)F)c2)n[nH]1. The summed E-state index contributed by atoms with van der Waals surface area (Å²) in [6.45, 7) is -0.210. The Labute approximate surface area is 158 Å². The number of benzene rings is 2. The van der Waals surface area contributed by atoms with E-state index in [0.29, 0.717) is 11.4 Å². The highest BCUT2D eigenvalue weighted by Gasteiger charge is 2.30. The Balaban J connectivity index is 1.61. The summed E-state index contributed by atoms with van der Waals surface area (Å²) in [5.41, 5.74) is 0.840. The normalized spacial score (nSPS) is 11.1. The van der Waals surface area contributed by atoms with Crippen molar-refractivity contribution in [3.63, 3.8) is 0 Å². The Bertz CT molecular complexity index is 970. The molecule has 0 fully saturated rings. The van der Waals surface area contributed by atoms with E-state index in [0.717, 1.165) is 17.7 Å². The summed E-state index contributed by atoms with van der Waals surface area (Å²) in [4.78, 5) is 12.1. The fourth-order valence-electron chi connectivity index (χ4n) is 2.57. The van der Waals surface area contributed by atoms with E-state index in [9.17, 15) is 18.0 Å². The molecule has 0 aliphatic rings. The smallest absolute Gasteiger partial charge is 0.416 e. The van der Waals surface area contributed by atoms with Gasteiger partial charge in [-0.05, 0) is 30.3 Å². The number of ether oxygens (including phenoxy) is 1. The van der Waals surface area contributed by atoms with Crippen molar-refractivity contribution in [3.05, 3.63) is 60.2 Å². The fourth-order valence-corrected chi connectivity index (χ4v) is 2.57. The zero-order valence-electron chi connectivity index (χ0n) is 14.8. The Morgan fingerprint density at radius 2 is 1.93 bits per heavy atom. The lowest BCUT2D eigenvalue weighted by atomic mass is 10.1. The molecular weight excluding hydrogens is 373 g/mol. The van der Waals surface area contributed by atoms with Crippen LogP contribution in [0.4, 0.5) is 24.7 Å². The van der Waals surface area contributed by atoms with Gasteiger partial charge in [0.15, 0.2) is 5.82 Å². The second-order valence-corrected chi connectivity index (χ2v) is 5.85. The van der Waals surface area contributed by atoms with Crippen molar-refractivity contribution in [1.82, 2.24) is 10.2 Å². The number of alkyl halides is 3. The number of hydrogen-bond donors (Lipinski definition) is 3. The summed E-state index contributed by atoms with van der Waals surface area (Å²) >= 11 is 0. The second-order valence-electron chi connectivity index (χ2n) is 5.85. The number of methoxy groups -OCH3 is 1. The number of rotatable bonds is 6. The molecule has 1 heterocycles. The summed E-state index contributed by atoms with van der Waals surface area (Å²) in [5, 5.41) is 12.1. The van der Waals surface area contributed by atoms with Crippen LogP contribution >= 0.6 is 0 Å². The predicted octanol–water partition coefficient (Wildman–Crippen LogP) is 4.15. The molecule has 0 unspecified atom stereocenters. The second kappa shape index (κ2) is 8.03. The molecule has 0 bridgehead atoms. The Morgan fingerprint density at radius 1 is 1.14 bits per heavy atom. The van der Waals surface area contributed by atoms with Crippen LogP contribution in [0.15, 0.2) is 54.6 Å². The van der Waals surface area contributed by atoms with Crippen LogP contribution in [-0.4, -0.2) is 29.8 Å². The molecule has 28 heavy (non-hydrogen) atoms. The molecule has 2 aromatic carbocycles. The highest BCUT2D eigenvalue weighted by atomic mass is 19.4. The van der Waals surface area contributed by atoms with E-state index >= 15 is 0 Å². The quantitative estimate of drug-likeness (QED) is 0.591. The van der Waals surface area contributed by atoms with Gasteiger partial charge < -0.3 is 15.4 Å². The number of para-hydroxylation sites is 1. The maximum absolute atomic E-state index is 12.7. The summed E-state index contributed by atoms with van der Waals surface area (Å²) in [6.07, 6.45) is -4.44. The number of aromatic nitrogens is 2. The molecule has 6 nitrogen and oxygen atoms in total. The minimum atomic E-state index is -4.44. The van der Waals surface area contributed by atoms with Crippen molar-refractivity contribution < 1.29 is 22.7 Å². The molecule has 3 N–H and O–H groups in total. The first-order valence-electron chi connectivity index (χ1n) is 8.26. The van der Waals surface area contributed by atoms with E-state index in [1.807, 2.05) is 18.2 Å². The zero-order valence-corrected chi connectivity index (χ0v) is 14.8. The van der Waals surface area contributed by atoms with E-state index in [2.05, 4.69) is 20.8 Å². The number of hydrogen-bond acceptors (Lipinski definition) is 4. The standard InChI is InChI=1S/C19H17F3N4O2/c1-28-16-8-3-2-7-14(16)15-10-17(26-25-15)24-18(27)11-23-13-6-4-5-12(9-13)19(20,21)22/h2-10,23H,11H2,1H3,(H2,24,25,26,27). The molecule has 146 valence electrons. The van der Waals surface area contributed by atoms with E-state index < -0.39 is 17.6 Å². The molecule has 9 heteroatoms. The first-order chi connectivity index (χ1) is 13.4. The van der Waals surface area contributed by atoms with Gasteiger partial charge in [-0.2, -0.15) is 18.3 Å². The van der Waals surface area contributed by atoms with Crippen molar-refractivity contribution >= 4 is 17.4 Å². The minimum absolute atomic E-state index is 0.196. The highest BCUT2D eigenvalue weighted by molar-refractivity contribution is 5.93. The van der Waals surface area contributed by atoms with Crippen LogP contribution < -0.4 is 15.4 Å². The number of aromatic amines is 1. The van der Waals surface area contributed by atoms with Gasteiger partial charge in [-0.15, -0.1) is 0 Å². The number of amides is 1. The van der Waals surface area contributed by atoms with Crippen LogP contribution in [0.1, 0.15) is 5.56 Å². The molecule has 0 radical (unpaired) electrons. The van der Waals surface area contributed by atoms with Gasteiger partial charge >= 0.3 is 6.18 Å². The number of carbonyl (C=O) groups excluding carboxylic acids is 1. The van der Waals surface area contributed by atoms with Crippen LogP contribution in [-0.2, 0) is 11.0 Å². The van der Waals surface area contributed by atoms with Crippen LogP contribution in [0.2, 0.25) is 0 Å². The molecule has 0 spiro atoms. The monoisotopic (exact) mass is 390 g/mol. The zero-order chi connectivity index (χ0) is 20.1. The molecule has 3 rings (SSSR count). The molecule has 0 aliphatic heterocycles. The van der Waals surface area contributed by atoms with Crippen molar-refractivity contribution in [2.75, 3.05) is 24.3 Å². The third kappa shape index (κ3) is 4.61. The molecule has 0 aliphatic carbocycles. The number of H-pyrrole nitrogens is 1. The van der Waals surface area contributed by atoms with Crippen LogP contribution in [0.3, 0.4) is 0 Å². The van der Waals surface area contributed by atoms with Crippen molar-refractivity contribution in [1.29, 1.82) is 0 Å². The maximum atomic E-state index is 12.7. The van der Waals surface area contributed by atoms with Gasteiger partial charge in [0.2, 0.25) is 5.91 Å². The molecule has 0 saturated heterocycles. The van der Waals surface area contributed by atoms with Gasteiger partial charge in [0, 0.05) is 17.3 Å². The predicted molar refractivity (Wildman–Crippen MR) is 99.1 cm³/mol. The first kappa shape index (κ1) is 19.3. The number of carbonyl (C=O) groups is 1. The molecule has 1 amide bonds. The Kier molecular flexibility index (Phi) is 5.53. The van der Waals surface area contributed by atoms with Gasteiger partial charge in [-0.3, -0.25) is 9.89 Å². The summed E-state index contributed by atoms with van der Waals surface area (Å²) in [7, 11) is 1.55. The minimum Gasteiger partial charge on any atom is -0.496 e. The van der Waals surface area contributed by atoms with Gasteiger partial charge in [-0.25, -0.2) is 0 Å². The Morgan fingerprint density at radius 3 is 2.68 bits per heavy atom. The van der Waals surface area contributed by atoms with Gasteiger partial charge in [0.1, 0.15) is 5.75 Å². The molecule has 1 aromatic heterocycles. The van der Waals surface area contributed by atoms with Gasteiger partial charge in [0.05, 0.1) is 24.9 Å². The number of anilines is 2. The van der Waals surface area contributed by atoms with Crippen molar-refractivity contribution in [2.45, 2.75) is 6.18 Å². The number of halogens is 3. The topological polar surface area (TPSA) is 79.0 Å². The lowest BCUT2D eigenvalue weighted by Gasteiger charge is -2.10. The fraction of sp³-hybridized carbons (Fsp3) is 0.158. The largest absolute Gasteiger partial charge is 0.496 e. The third-order valence-electron chi connectivity index (χ3n) is 3.89. The average molecular weight is 390 g/mol. The van der Waals surface area contributed by atoms with Crippen LogP contribution in [0, 0.1) is 0 Å². The summed E-state index contributed by atoms with van der Waals surface area (Å²) in [6, 6.07) is 13.6.